The minimum atomic E-state index is -2.16. The fraction of sp³-hybridized carbons (Fsp3) is 0.444. The molecule has 0 atom stereocenters. The lowest BCUT2D eigenvalue weighted by molar-refractivity contribution is -0.165. The Balaban J connectivity index is 2.54. The molecular weight excluding hydrogens is 354 g/mol. The highest BCUT2D eigenvalue weighted by atomic mass is 16.6. The van der Waals surface area contributed by atoms with Crippen molar-refractivity contribution in [3.8, 4) is 0 Å². The van der Waals surface area contributed by atoms with E-state index in [1.54, 1.807) is 39.0 Å². The number of imidazole rings is 1. The number of fused-ring (bicyclic) bond motifs is 1. The normalized spacial score (nSPS) is 12.4. The molecule has 146 valence electrons. The van der Waals surface area contributed by atoms with E-state index in [4.69, 9.17) is 4.74 Å². The van der Waals surface area contributed by atoms with Gasteiger partial charge in [0.15, 0.2) is 0 Å². The van der Waals surface area contributed by atoms with Crippen LogP contribution in [0.1, 0.15) is 26.3 Å². The number of hydrogen-bond acceptors (Lipinski definition) is 6. The third-order valence-electron chi connectivity index (χ3n) is 4.17. The molecule has 1 aromatic heterocycles. The predicted molar refractivity (Wildman–Crippen MR) is 96.8 cm³/mol. The summed E-state index contributed by atoms with van der Waals surface area (Å²) in [5, 5.41) is 19.2. The molecule has 0 saturated carbocycles. The van der Waals surface area contributed by atoms with Crippen LogP contribution in [0.25, 0.3) is 11.0 Å². The molecule has 2 aromatic rings. The van der Waals surface area contributed by atoms with Crippen molar-refractivity contribution >= 4 is 29.1 Å². The highest BCUT2D eigenvalue weighted by Gasteiger charge is 2.49. The van der Waals surface area contributed by atoms with Crippen LogP contribution in [0.15, 0.2) is 24.5 Å². The van der Waals surface area contributed by atoms with Gasteiger partial charge in [0.05, 0.1) is 11.0 Å². The Bertz CT molecular complexity index is 880. The number of rotatable bonds is 5. The van der Waals surface area contributed by atoms with Gasteiger partial charge in [-0.3, -0.25) is 4.90 Å². The number of hydrogen-bond donors (Lipinski definition) is 2. The second kappa shape index (κ2) is 6.99. The van der Waals surface area contributed by atoms with Crippen molar-refractivity contribution in [2.24, 2.45) is 0 Å². The van der Waals surface area contributed by atoms with Crippen molar-refractivity contribution in [3.05, 3.63) is 30.1 Å². The van der Waals surface area contributed by atoms with Gasteiger partial charge in [-0.1, -0.05) is 12.1 Å². The number of carbonyl (C=O) groups excluding carboxylic acids is 1. The number of aliphatic carboxylic acids is 2. The lowest BCUT2D eigenvalue weighted by atomic mass is 9.89. The first-order valence-electron chi connectivity index (χ1n) is 8.22. The van der Waals surface area contributed by atoms with Crippen LogP contribution in [0.2, 0.25) is 0 Å². The zero-order valence-corrected chi connectivity index (χ0v) is 15.9. The number of carboxylic acid groups (broad SMARTS) is 2. The highest BCUT2D eigenvalue weighted by Crippen LogP contribution is 2.26. The van der Waals surface area contributed by atoms with E-state index >= 15 is 0 Å². The van der Waals surface area contributed by atoms with Crippen LogP contribution >= 0.6 is 0 Å². The molecule has 27 heavy (non-hydrogen) atoms. The number of ether oxygens (including phenoxy) is 1. The quantitative estimate of drug-likeness (QED) is 0.757. The Morgan fingerprint density at radius 1 is 1.15 bits per heavy atom. The van der Waals surface area contributed by atoms with Gasteiger partial charge in [-0.25, -0.2) is 23.9 Å². The van der Waals surface area contributed by atoms with Crippen molar-refractivity contribution < 1.29 is 29.3 Å². The SMILES string of the molecule is CN(C)C(Cc1cccc2c1ncn2C(=O)OC(C)(C)C)(C(=O)O)C(=O)O. The minimum absolute atomic E-state index is 0.326. The first kappa shape index (κ1) is 20.4. The molecule has 0 bridgehead atoms. The number of aromatic nitrogens is 2. The lowest BCUT2D eigenvalue weighted by Crippen LogP contribution is -2.59. The van der Waals surface area contributed by atoms with Gasteiger partial charge in [0.1, 0.15) is 11.9 Å². The lowest BCUT2D eigenvalue weighted by Gasteiger charge is -2.31. The molecule has 9 nitrogen and oxygen atoms in total. The van der Waals surface area contributed by atoms with Gasteiger partial charge in [0.25, 0.3) is 0 Å². The van der Waals surface area contributed by atoms with Crippen molar-refractivity contribution in [2.45, 2.75) is 38.3 Å². The van der Waals surface area contributed by atoms with Crippen LogP contribution in [-0.4, -0.2) is 67.9 Å². The Morgan fingerprint density at radius 2 is 1.74 bits per heavy atom. The van der Waals surface area contributed by atoms with Crippen LogP contribution < -0.4 is 0 Å². The summed E-state index contributed by atoms with van der Waals surface area (Å²) < 4.78 is 6.54. The zero-order valence-electron chi connectivity index (χ0n) is 15.9. The third-order valence-corrected chi connectivity index (χ3v) is 4.17. The largest absolute Gasteiger partial charge is 0.479 e. The number of carboxylic acids is 2. The second-order valence-corrected chi connectivity index (χ2v) is 7.42. The van der Waals surface area contributed by atoms with Crippen LogP contribution in [0, 0.1) is 0 Å². The number of carbonyl (C=O) groups is 3. The Kier molecular flexibility index (Phi) is 5.28. The summed E-state index contributed by atoms with van der Waals surface area (Å²) in [6.45, 7) is 5.21. The maximum absolute atomic E-state index is 12.4. The molecule has 0 aliphatic rings. The smallest absolute Gasteiger partial charge is 0.420 e. The number of para-hydroxylation sites is 1. The van der Waals surface area contributed by atoms with E-state index in [1.807, 2.05) is 0 Å². The monoisotopic (exact) mass is 377 g/mol. The van der Waals surface area contributed by atoms with Gasteiger partial charge in [-0.15, -0.1) is 0 Å². The summed E-state index contributed by atoms with van der Waals surface area (Å²) in [7, 11) is 2.78. The topological polar surface area (TPSA) is 122 Å². The van der Waals surface area contributed by atoms with E-state index in [2.05, 4.69) is 4.98 Å². The van der Waals surface area contributed by atoms with E-state index in [1.165, 1.54) is 25.0 Å². The summed E-state index contributed by atoms with van der Waals surface area (Å²) in [5.74, 6) is -2.97. The van der Waals surface area contributed by atoms with E-state index in [0.29, 0.717) is 16.6 Å². The third kappa shape index (κ3) is 3.77. The number of likely N-dealkylation sites (N-methyl/N-ethyl adjacent to an activating group) is 1. The molecule has 0 amide bonds. The fourth-order valence-electron chi connectivity index (χ4n) is 2.76. The first-order valence-corrected chi connectivity index (χ1v) is 8.22. The number of nitrogens with zero attached hydrogens (tertiary/aromatic N) is 3. The van der Waals surface area contributed by atoms with E-state index in [-0.39, 0.29) is 6.42 Å². The molecule has 0 radical (unpaired) electrons. The fourth-order valence-corrected chi connectivity index (χ4v) is 2.76. The highest BCUT2D eigenvalue weighted by molar-refractivity contribution is 6.04. The molecule has 0 spiro atoms. The van der Waals surface area contributed by atoms with E-state index < -0.39 is 29.2 Å². The Labute approximate surface area is 156 Å². The summed E-state index contributed by atoms with van der Waals surface area (Å²) >= 11 is 0. The molecule has 1 heterocycles. The Morgan fingerprint density at radius 3 is 2.22 bits per heavy atom. The van der Waals surface area contributed by atoms with Gasteiger partial charge >= 0.3 is 18.0 Å². The average molecular weight is 377 g/mol. The maximum atomic E-state index is 12.4. The molecule has 9 heteroatoms. The van der Waals surface area contributed by atoms with Crippen molar-refractivity contribution in [2.75, 3.05) is 14.1 Å². The van der Waals surface area contributed by atoms with Gasteiger partial charge in [0.2, 0.25) is 5.54 Å². The van der Waals surface area contributed by atoms with E-state index in [9.17, 15) is 24.6 Å². The van der Waals surface area contributed by atoms with Crippen molar-refractivity contribution in [3.63, 3.8) is 0 Å². The van der Waals surface area contributed by atoms with E-state index in [0.717, 1.165) is 4.90 Å². The first-order chi connectivity index (χ1) is 12.4. The second-order valence-electron chi connectivity index (χ2n) is 7.42. The molecule has 2 N–H and O–H groups in total. The summed E-state index contributed by atoms with van der Waals surface area (Å²) in [6.07, 6.45) is 0.326. The Hall–Kier alpha value is -2.94. The molecule has 0 aliphatic heterocycles. The van der Waals surface area contributed by atoms with Gasteiger partial charge in [-0.05, 0) is 46.5 Å². The van der Waals surface area contributed by atoms with Gasteiger partial charge < -0.3 is 14.9 Å². The summed E-state index contributed by atoms with van der Waals surface area (Å²) in [5.41, 5.74) is -1.71. The van der Waals surface area contributed by atoms with Crippen molar-refractivity contribution in [1.82, 2.24) is 14.5 Å². The van der Waals surface area contributed by atoms with Crippen LogP contribution in [-0.2, 0) is 20.7 Å². The van der Waals surface area contributed by atoms with Crippen LogP contribution in [0.3, 0.4) is 0 Å². The summed E-state index contributed by atoms with van der Waals surface area (Å²) in [4.78, 5) is 41.3. The molecule has 2 rings (SSSR count). The molecule has 0 unspecified atom stereocenters. The molecule has 0 aliphatic carbocycles. The zero-order chi connectivity index (χ0) is 20.6. The predicted octanol–water partition coefficient (Wildman–Crippen LogP) is 1.83. The molecule has 1 aromatic carbocycles. The minimum Gasteiger partial charge on any atom is -0.479 e. The van der Waals surface area contributed by atoms with Crippen LogP contribution in [0.5, 0.6) is 0 Å². The van der Waals surface area contributed by atoms with Gasteiger partial charge in [0, 0.05) is 6.42 Å². The standard InChI is InChI=1S/C18H23N3O6/c1-17(2,3)27-16(26)21-10-19-13-11(7-6-8-12(13)21)9-18(14(22)23,15(24)25)20(4)5/h6-8,10H,9H2,1-5H3,(H,22,23)(H,24,25). The summed E-state index contributed by atoms with van der Waals surface area (Å²) in [6, 6.07) is 4.85. The van der Waals surface area contributed by atoms with Crippen molar-refractivity contribution in [1.29, 1.82) is 0 Å². The molecule has 0 fully saturated rings. The maximum Gasteiger partial charge on any atom is 0.420 e. The number of benzene rings is 1. The average Bonchev–Trinajstić information content (AvgIpc) is 2.94. The van der Waals surface area contributed by atoms with Crippen LogP contribution in [0.4, 0.5) is 4.79 Å². The van der Waals surface area contributed by atoms with Gasteiger partial charge in [-0.2, -0.15) is 0 Å². The molecule has 0 saturated heterocycles. The molecular formula is C18H23N3O6.